The van der Waals surface area contributed by atoms with Crippen LogP contribution in [-0.4, -0.2) is 68.2 Å². The molecule has 0 aromatic heterocycles. The lowest BCUT2D eigenvalue weighted by Crippen LogP contribution is -2.64. The minimum atomic E-state index is -3.35. The molecule has 0 spiro atoms. The van der Waals surface area contributed by atoms with Gasteiger partial charge in [-0.1, -0.05) is 12.1 Å². The molecule has 0 N–H and O–H groups in total. The first kappa shape index (κ1) is 18.3. The van der Waals surface area contributed by atoms with Crippen molar-refractivity contribution in [3.05, 3.63) is 35.6 Å². The number of benzene rings is 1. The zero-order valence-electron chi connectivity index (χ0n) is 14.2. The fourth-order valence-corrected chi connectivity index (χ4v) is 4.96. The van der Waals surface area contributed by atoms with Crippen molar-refractivity contribution >= 4 is 15.9 Å². The summed E-state index contributed by atoms with van der Waals surface area (Å²) in [6.45, 7) is 1.90. The average Bonchev–Trinajstić information content (AvgIpc) is 2.49. The number of hydrogen-bond donors (Lipinski definition) is 0. The summed E-state index contributed by atoms with van der Waals surface area (Å²) in [5.41, 5.74) is 0.623. The van der Waals surface area contributed by atoms with Gasteiger partial charge in [0.15, 0.2) is 0 Å². The highest BCUT2D eigenvalue weighted by atomic mass is 32.2. The Kier molecular flexibility index (Phi) is 5.41. The third-order valence-electron chi connectivity index (χ3n) is 4.75. The molecule has 0 radical (unpaired) electrons. The molecule has 2 saturated heterocycles. The summed E-state index contributed by atoms with van der Waals surface area (Å²) in [4.78, 5) is 13.9. The number of amides is 1. The van der Waals surface area contributed by atoms with Crippen LogP contribution in [0.3, 0.4) is 0 Å². The molecule has 8 heteroatoms. The number of carbonyl (C=O) groups excluding carboxylic acids is 1. The molecule has 3 rings (SSSR count). The van der Waals surface area contributed by atoms with Crippen LogP contribution in [0.2, 0.25) is 0 Å². The number of ether oxygens (including phenoxy) is 1. The van der Waals surface area contributed by atoms with E-state index >= 15 is 0 Å². The van der Waals surface area contributed by atoms with E-state index in [9.17, 15) is 17.6 Å². The molecule has 1 amide bonds. The Bertz CT molecular complexity index is 728. The zero-order chi connectivity index (χ0) is 18.0. The third-order valence-corrected chi connectivity index (χ3v) is 6.12. The van der Waals surface area contributed by atoms with Crippen LogP contribution in [0.4, 0.5) is 4.39 Å². The maximum absolute atomic E-state index is 13.2. The van der Waals surface area contributed by atoms with Gasteiger partial charge in [0, 0.05) is 32.3 Å². The van der Waals surface area contributed by atoms with Crippen LogP contribution >= 0.6 is 0 Å². The summed E-state index contributed by atoms with van der Waals surface area (Å²) in [6.07, 6.45) is 2.71. The summed E-state index contributed by atoms with van der Waals surface area (Å²) >= 11 is 0. The number of nitrogens with zero attached hydrogens (tertiary/aromatic N) is 2. The first-order valence-electron chi connectivity index (χ1n) is 8.43. The number of halogens is 1. The van der Waals surface area contributed by atoms with Gasteiger partial charge in [0.1, 0.15) is 5.82 Å². The monoisotopic (exact) mass is 370 g/mol. The molecule has 2 aliphatic heterocycles. The van der Waals surface area contributed by atoms with Gasteiger partial charge in [-0.3, -0.25) is 4.79 Å². The third kappa shape index (κ3) is 4.37. The van der Waals surface area contributed by atoms with Gasteiger partial charge in [0.05, 0.1) is 18.7 Å². The molecule has 0 aliphatic carbocycles. The fourth-order valence-electron chi connectivity index (χ4n) is 3.53. The predicted octanol–water partition coefficient (Wildman–Crippen LogP) is 1.02. The van der Waals surface area contributed by atoms with Gasteiger partial charge in [-0.25, -0.2) is 12.8 Å². The Hall–Kier alpha value is -1.51. The van der Waals surface area contributed by atoms with E-state index in [0.717, 1.165) is 0 Å². The SMILES string of the molecule is CS(=O)(=O)N(C1CCOCC1)C1CN(C(=O)Cc2cccc(F)c2)C1. The summed E-state index contributed by atoms with van der Waals surface area (Å²) in [6, 6.07) is 5.73. The van der Waals surface area contributed by atoms with E-state index in [1.54, 1.807) is 21.3 Å². The number of sulfonamides is 1. The van der Waals surface area contributed by atoms with E-state index in [4.69, 9.17) is 4.74 Å². The van der Waals surface area contributed by atoms with Gasteiger partial charge >= 0.3 is 0 Å². The maximum Gasteiger partial charge on any atom is 0.227 e. The van der Waals surface area contributed by atoms with Gasteiger partial charge in [-0.05, 0) is 30.5 Å². The zero-order valence-corrected chi connectivity index (χ0v) is 15.0. The molecule has 0 unspecified atom stereocenters. The van der Waals surface area contributed by atoms with Crippen LogP contribution < -0.4 is 0 Å². The second-order valence-electron chi connectivity index (χ2n) is 6.70. The highest BCUT2D eigenvalue weighted by Gasteiger charge is 2.42. The molecule has 0 saturated carbocycles. The van der Waals surface area contributed by atoms with Gasteiger partial charge in [-0.15, -0.1) is 0 Å². The van der Waals surface area contributed by atoms with Crippen molar-refractivity contribution in [3.63, 3.8) is 0 Å². The van der Waals surface area contributed by atoms with Crippen LogP contribution in [0, 0.1) is 5.82 Å². The molecule has 0 atom stereocenters. The molecular weight excluding hydrogens is 347 g/mol. The summed E-state index contributed by atoms with van der Waals surface area (Å²) in [5, 5.41) is 0. The van der Waals surface area contributed by atoms with E-state index in [1.807, 2.05) is 0 Å². The number of hydrogen-bond acceptors (Lipinski definition) is 4. The lowest BCUT2D eigenvalue weighted by molar-refractivity contribution is -0.137. The molecule has 2 heterocycles. The minimum absolute atomic E-state index is 0.0609. The number of likely N-dealkylation sites (tertiary alicyclic amines) is 1. The maximum atomic E-state index is 13.2. The van der Waals surface area contributed by atoms with E-state index in [2.05, 4.69) is 0 Å². The molecule has 2 aliphatic rings. The molecule has 138 valence electrons. The van der Waals surface area contributed by atoms with Crippen molar-refractivity contribution in [2.45, 2.75) is 31.3 Å². The van der Waals surface area contributed by atoms with Gasteiger partial charge in [0.2, 0.25) is 15.9 Å². The normalized spacial score (nSPS) is 19.9. The minimum Gasteiger partial charge on any atom is -0.381 e. The van der Waals surface area contributed by atoms with Crippen LogP contribution in [0.1, 0.15) is 18.4 Å². The van der Waals surface area contributed by atoms with Gasteiger partial charge < -0.3 is 9.64 Å². The molecule has 0 bridgehead atoms. The summed E-state index contributed by atoms with van der Waals surface area (Å²) < 4.78 is 44.5. The lowest BCUT2D eigenvalue weighted by Gasteiger charge is -2.47. The van der Waals surface area contributed by atoms with Crippen LogP contribution in [0.5, 0.6) is 0 Å². The van der Waals surface area contributed by atoms with E-state index in [1.165, 1.54) is 18.4 Å². The summed E-state index contributed by atoms with van der Waals surface area (Å²) in [7, 11) is -3.35. The van der Waals surface area contributed by atoms with Crippen molar-refractivity contribution in [3.8, 4) is 0 Å². The van der Waals surface area contributed by atoms with Crippen molar-refractivity contribution in [1.29, 1.82) is 0 Å². The van der Waals surface area contributed by atoms with Crippen LogP contribution in [-0.2, 0) is 26.0 Å². The van der Waals surface area contributed by atoms with Crippen molar-refractivity contribution in [1.82, 2.24) is 9.21 Å². The lowest BCUT2D eigenvalue weighted by atomic mass is 10.0. The summed E-state index contributed by atoms with van der Waals surface area (Å²) in [5.74, 6) is -0.475. The molecule has 1 aromatic rings. The van der Waals surface area contributed by atoms with E-state index in [-0.39, 0.29) is 30.2 Å². The predicted molar refractivity (Wildman–Crippen MR) is 91.0 cm³/mol. The Morgan fingerprint density at radius 2 is 1.96 bits per heavy atom. The molecular formula is C17H23FN2O4S. The van der Waals surface area contributed by atoms with Crippen LogP contribution in [0.15, 0.2) is 24.3 Å². The molecule has 1 aromatic carbocycles. The molecule has 2 fully saturated rings. The fraction of sp³-hybridized carbons (Fsp3) is 0.588. The quantitative estimate of drug-likeness (QED) is 0.776. The Labute approximate surface area is 147 Å². The number of carbonyl (C=O) groups is 1. The molecule has 6 nitrogen and oxygen atoms in total. The van der Waals surface area contributed by atoms with Crippen LogP contribution in [0.25, 0.3) is 0 Å². The van der Waals surface area contributed by atoms with E-state index in [0.29, 0.717) is 44.7 Å². The largest absolute Gasteiger partial charge is 0.381 e. The van der Waals surface area contributed by atoms with Crippen molar-refractivity contribution in [2.75, 3.05) is 32.6 Å². The van der Waals surface area contributed by atoms with E-state index < -0.39 is 10.0 Å². The standard InChI is InChI=1S/C17H23FN2O4S/c1-25(22,23)20(15-5-7-24-8-6-15)16-11-19(12-16)17(21)10-13-3-2-4-14(18)9-13/h2-4,9,15-16H,5-8,10-12H2,1H3. The topological polar surface area (TPSA) is 66.9 Å². The highest BCUT2D eigenvalue weighted by Crippen LogP contribution is 2.26. The number of rotatable bonds is 5. The molecule has 25 heavy (non-hydrogen) atoms. The second-order valence-corrected chi connectivity index (χ2v) is 8.58. The van der Waals surface area contributed by atoms with Crippen molar-refractivity contribution < 1.29 is 22.3 Å². The first-order valence-corrected chi connectivity index (χ1v) is 10.3. The average molecular weight is 370 g/mol. The van der Waals surface area contributed by atoms with Crippen molar-refractivity contribution in [2.24, 2.45) is 0 Å². The highest BCUT2D eigenvalue weighted by molar-refractivity contribution is 7.88. The van der Waals surface area contributed by atoms with Gasteiger partial charge in [-0.2, -0.15) is 4.31 Å². The smallest absolute Gasteiger partial charge is 0.227 e. The Balaban J connectivity index is 1.60. The second kappa shape index (κ2) is 7.39. The van der Waals surface area contributed by atoms with Gasteiger partial charge in [0.25, 0.3) is 0 Å². The first-order chi connectivity index (χ1) is 11.8. The Morgan fingerprint density at radius 1 is 1.28 bits per heavy atom. The Morgan fingerprint density at radius 3 is 2.56 bits per heavy atom.